The molecule has 2 heterocycles. The number of nitrogens with zero attached hydrogens (tertiary/aromatic N) is 2. The Morgan fingerprint density at radius 1 is 1.02 bits per heavy atom. The van der Waals surface area contributed by atoms with E-state index in [-0.39, 0.29) is 24.3 Å². The molecule has 0 saturated carbocycles. The number of carboxylic acids is 1. The molecule has 11 heteroatoms. The maximum Gasteiger partial charge on any atom is 0.338 e. The van der Waals surface area contributed by atoms with Gasteiger partial charge in [0.15, 0.2) is 4.80 Å². The average Bonchev–Trinajstić information content (AvgIpc) is 3.41. The molecule has 8 nitrogen and oxygen atoms in total. The van der Waals surface area contributed by atoms with Crippen LogP contribution < -0.4 is 19.6 Å². The van der Waals surface area contributed by atoms with Crippen molar-refractivity contribution in [1.29, 1.82) is 0 Å². The Morgan fingerprint density at radius 3 is 2.40 bits per heavy atom. The van der Waals surface area contributed by atoms with Gasteiger partial charge in [0.05, 0.1) is 38.5 Å². The second-order valence-corrected chi connectivity index (χ2v) is 13.4. The molecule has 1 N–H and O–H groups in total. The van der Waals surface area contributed by atoms with Crippen molar-refractivity contribution in [3.8, 4) is 5.75 Å². The number of aromatic nitrogens is 1. The quantitative estimate of drug-likeness (QED) is 0.126. The molecule has 0 amide bonds. The van der Waals surface area contributed by atoms with E-state index in [2.05, 4.69) is 15.9 Å². The molecule has 0 spiro atoms. The fourth-order valence-electron chi connectivity index (χ4n) is 5.32. The SMILES string of the molecule is CCOC(=O)C1=C(c2ccccc2)N=c2s/c(=C/c3ccc(OCc4ccc(C(=O)O)cc4)c(Br)c3)c(=O)n2[C@@H]1c1ccc(SC)cc1. The average molecular weight is 742 g/mol. The van der Waals surface area contributed by atoms with Crippen LogP contribution in [0.4, 0.5) is 0 Å². The highest BCUT2D eigenvalue weighted by Gasteiger charge is 2.35. The lowest BCUT2D eigenvalue weighted by Crippen LogP contribution is -2.40. The molecule has 1 aliphatic rings. The Hall–Kier alpha value is -4.71. The second kappa shape index (κ2) is 14.6. The van der Waals surface area contributed by atoms with E-state index in [1.807, 2.05) is 73.0 Å². The van der Waals surface area contributed by atoms with E-state index in [0.717, 1.165) is 27.1 Å². The van der Waals surface area contributed by atoms with Crippen LogP contribution in [0, 0.1) is 0 Å². The molecular weight excluding hydrogens is 712 g/mol. The van der Waals surface area contributed by atoms with Crippen molar-refractivity contribution < 1.29 is 24.2 Å². The van der Waals surface area contributed by atoms with Gasteiger partial charge in [0.25, 0.3) is 5.56 Å². The molecule has 0 fully saturated rings. The molecule has 0 aliphatic carbocycles. The third kappa shape index (κ3) is 6.94. The number of fused-ring (bicyclic) bond motifs is 1. The number of benzene rings is 4. The lowest BCUT2D eigenvalue weighted by atomic mass is 9.93. The number of aromatic carboxylic acids is 1. The molecule has 48 heavy (non-hydrogen) atoms. The first-order chi connectivity index (χ1) is 23.3. The minimum atomic E-state index is -0.982. The number of carbonyl (C=O) groups excluding carboxylic acids is 1. The first-order valence-corrected chi connectivity index (χ1v) is 17.8. The number of halogens is 1. The smallest absolute Gasteiger partial charge is 0.338 e. The van der Waals surface area contributed by atoms with Gasteiger partial charge < -0.3 is 14.6 Å². The summed E-state index contributed by atoms with van der Waals surface area (Å²) >= 11 is 6.45. The molecule has 5 aromatic rings. The number of hydrogen-bond acceptors (Lipinski definition) is 8. The van der Waals surface area contributed by atoms with Crippen LogP contribution in [0.1, 0.15) is 45.6 Å². The van der Waals surface area contributed by atoms with Crippen LogP contribution in [0.15, 0.2) is 122 Å². The largest absolute Gasteiger partial charge is 0.488 e. The topological polar surface area (TPSA) is 107 Å². The summed E-state index contributed by atoms with van der Waals surface area (Å²) in [6.07, 6.45) is 3.79. The summed E-state index contributed by atoms with van der Waals surface area (Å²) in [7, 11) is 0. The minimum Gasteiger partial charge on any atom is -0.488 e. The zero-order chi connectivity index (χ0) is 33.8. The number of rotatable bonds is 10. The summed E-state index contributed by atoms with van der Waals surface area (Å²) < 4.78 is 14.3. The Bertz CT molecular complexity index is 2210. The molecule has 0 unspecified atom stereocenters. The Labute approximate surface area is 292 Å². The number of hydrogen-bond donors (Lipinski definition) is 1. The van der Waals surface area contributed by atoms with Crippen LogP contribution in [0.5, 0.6) is 5.75 Å². The predicted octanol–water partition coefficient (Wildman–Crippen LogP) is 6.70. The lowest BCUT2D eigenvalue weighted by Gasteiger charge is -2.26. The monoisotopic (exact) mass is 740 g/mol. The highest BCUT2D eigenvalue weighted by molar-refractivity contribution is 9.10. The van der Waals surface area contributed by atoms with E-state index in [9.17, 15) is 14.4 Å². The van der Waals surface area contributed by atoms with Gasteiger partial charge in [0.1, 0.15) is 12.4 Å². The summed E-state index contributed by atoms with van der Waals surface area (Å²) in [5.41, 5.74) is 3.83. The van der Waals surface area contributed by atoms with E-state index in [1.165, 1.54) is 23.5 Å². The van der Waals surface area contributed by atoms with Gasteiger partial charge in [-0.3, -0.25) is 9.36 Å². The lowest BCUT2D eigenvalue weighted by molar-refractivity contribution is -0.138. The van der Waals surface area contributed by atoms with E-state index in [1.54, 1.807) is 47.5 Å². The van der Waals surface area contributed by atoms with Gasteiger partial charge in [-0.2, -0.15) is 0 Å². The zero-order valence-electron chi connectivity index (χ0n) is 25.9. The van der Waals surface area contributed by atoms with Crippen molar-refractivity contribution >= 4 is 62.7 Å². The Balaban J connectivity index is 1.41. The van der Waals surface area contributed by atoms with Gasteiger partial charge in [-0.05, 0) is 88.3 Å². The Morgan fingerprint density at radius 2 is 1.75 bits per heavy atom. The Kier molecular flexibility index (Phi) is 10.1. The van der Waals surface area contributed by atoms with Crippen molar-refractivity contribution in [3.63, 3.8) is 0 Å². The van der Waals surface area contributed by atoms with Gasteiger partial charge in [-0.1, -0.05) is 72.0 Å². The fourth-order valence-corrected chi connectivity index (χ4v) is 7.24. The van der Waals surface area contributed by atoms with E-state index in [0.29, 0.717) is 30.8 Å². The number of carbonyl (C=O) groups is 2. The van der Waals surface area contributed by atoms with Crippen LogP contribution >= 0.6 is 39.0 Å². The fraction of sp³-hybridized carbons (Fsp3) is 0.135. The maximum atomic E-state index is 14.2. The van der Waals surface area contributed by atoms with Crippen molar-refractivity contribution in [1.82, 2.24) is 4.57 Å². The van der Waals surface area contributed by atoms with Crippen LogP contribution in [0.3, 0.4) is 0 Å². The maximum absolute atomic E-state index is 14.2. The van der Waals surface area contributed by atoms with Crippen LogP contribution in [-0.4, -0.2) is 34.5 Å². The molecular formula is C37H29BrN2O6S2. The van der Waals surface area contributed by atoms with Gasteiger partial charge in [0.2, 0.25) is 0 Å². The van der Waals surface area contributed by atoms with Crippen LogP contribution in [0.2, 0.25) is 0 Å². The molecule has 242 valence electrons. The van der Waals surface area contributed by atoms with Gasteiger partial charge in [-0.25, -0.2) is 14.6 Å². The minimum absolute atomic E-state index is 0.179. The number of esters is 1. The standard InChI is InChI=1S/C37H29BrN2O6S2/c1-3-45-36(44)31-32(24-7-5-4-6-8-24)39-37-40(33(31)25-14-16-27(47-2)17-15-25)34(41)30(48-37)20-23-11-18-29(28(38)19-23)46-21-22-9-12-26(13-10-22)35(42)43/h4-20,33H,3,21H2,1-2H3,(H,42,43)/b30-20+/t33-/m1/s1. The third-order valence-corrected chi connectivity index (χ3v) is 10.0. The molecule has 0 radical (unpaired) electrons. The molecule has 0 saturated heterocycles. The predicted molar refractivity (Wildman–Crippen MR) is 191 cm³/mol. The number of thiazole rings is 1. The first kappa shape index (κ1) is 33.2. The summed E-state index contributed by atoms with van der Waals surface area (Å²) in [5.74, 6) is -0.911. The van der Waals surface area contributed by atoms with Crippen molar-refractivity contribution in [3.05, 3.63) is 155 Å². The molecule has 0 bridgehead atoms. The van der Waals surface area contributed by atoms with Crippen molar-refractivity contribution in [2.24, 2.45) is 4.99 Å². The van der Waals surface area contributed by atoms with Crippen molar-refractivity contribution in [2.45, 2.75) is 24.5 Å². The van der Waals surface area contributed by atoms with Crippen LogP contribution in [-0.2, 0) is 16.1 Å². The molecule has 1 aliphatic heterocycles. The summed E-state index contributed by atoms with van der Waals surface area (Å²) in [5, 5.41) is 9.12. The van der Waals surface area contributed by atoms with Gasteiger partial charge in [-0.15, -0.1) is 11.8 Å². The van der Waals surface area contributed by atoms with E-state index in [4.69, 9.17) is 19.6 Å². The highest BCUT2D eigenvalue weighted by atomic mass is 79.9. The molecule has 4 aromatic carbocycles. The van der Waals surface area contributed by atoms with Gasteiger partial charge in [0, 0.05) is 10.5 Å². The van der Waals surface area contributed by atoms with Crippen LogP contribution in [0.25, 0.3) is 11.8 Å². The zero-order valence-corrected chi connectivity index (χ0v) is 29.1. The molecule has 6 rings (SSSR count). The summed E-state index contributed by atoms with van der Waals surface area (Å²) in [6, 6.07) is 28.6. The first-order valence-electron chi connectivity index (χ1n) is 14.9. The number of thioether (sulfide) groups is 1. The highest BCUT2D eigenvalue weighted by Crippen LogP contribution is 2.36. The number of carboxylic acid groups (broad SMARTS) is 1. The van der Waals surface area contributed by atoms with E-state index >= 15 is 0 Å². The second-order valence-electron chi connectivity index (χ2n) is 10.7. The summed E-state index contributed by atoms with van der Waals surface area (Å²) in [6.45, 7) is 2.19. The van der Waals surface area contributed by atoms with Gasteiger partial charge >= 0.3 is 11.9 Å². The summed E-state index contributed by atoms with van der Waals surface area (Å²) in [4.78, 5) is 45.4. The van der Waals surface area contributed by atoms with Crippen molar-refractivity contribution in [2.75, 3.05) is 12.9 Å². The van der Waals surface area contributed by atoms with E-state index < -0.39 is 18.0 Å². The number of ether oxygens (including phenoxy) is 2. The third-order valence-electron chi connectivity index (χ3n) is 7.65. The normalized spacial score (nSPS) is 14.3. The molecule has 1 atom stereocenters. The molecule has 1 aromatic heterocycles.